The average molecular weight is 249 g/mol. The SMILES string of the molecule is CC(C)(C)c1c(CN)cnc2c(Cl)cccc12. The highest BCUT2D eigenvalue weighted by atomic mass is 35.5. The highest BCUT2D eigenvalue weighted by Gasteiger charge is 2.21. The van der Waals surface area contributed by atoms with Crippen molar-refractivity contribution >= 4 is 22.5 Å². The molecule has 2 N–H and O–H groups in total. The molecule has 1 aromatic heterocycles. The van der Waals surface area contributed by atoms with Gasteiger partial charge in [0, 0.05) is 18.1 Å². The molecule has 0 spiro atoms. The second-order valence-electron chi connectivity index (χ2n) is 5.25. The van der Waals surface area contributed by atoms with Crippen molar-refractivity contribution in [3.8, 4) is 0 Å². The maximum absolute atomic E-state index is 6.18. The van der Waals surface area contributed by atoms with Crippen LogP contribution in [-0.4, -0.2) is 4.98 Å². The van der Waals surface area contributed by atoms with E-state index in [1.165, 1.54) is 5.56 Å². The van der Waals surface area contributed by atoms with Gasteiger partial charge in [0.05, 0.1) is 10.5 Å². The lowest BCUT2D eigenvalue weighted by atomic mass is 9.82. The Balaban J connectivity index is 2.89. The van der Waals surface area contributed by atoms with Crippen LogP contribution in [0.4, 0.5) is 0 Å². The maximum atomic E-state index is 6.18. The fraction of sp³-hybridized carbons (Fsp3) is 0.357. The molecule has 0 aliphatic carbocycles. The third kappa shape index (κ3) is 2.15. The average Bonchev–Trinajstić information content (AvgIpc) is 2.26. The number of halogens is 1. The van der Waals surface area contributed by atoms with Crippen molar-refractivity contribution in [1.82, 2.24) is 4.98 Å². The Morgan fingerprint density at radius 1 is 1.29 bits per heavy atom. The smallest absolute Gasteiger partial charge is 0.0891 e. The van der Waals surface area contributed by atoms with Crippen molar-refractivity contribution in [3.63, 3.8) is 0 Å². The normalized spacial score (nSPS) is 12.1. The summed E-state index contributed by atoms with van der Waals surface area (Å²) in [5.74, 6) is 0. The van der Waals surface area contributed by atoms with E-state index in [9.17, 15) is 0 Å². The number of aromatic nitrogens is 1. The number of nitrogens with zero attached hydrogens (tertiary/aromatic N) is 1. The second-order valence-corrected chi connectivity index (χ2v) is 5.66. The molecule has 0 atom stereocenters. The number of fused-ring (bicyclic) bond motifs is 1. The minimum absolute atomic E-state index is 0.0283. The van der Waals surface area contributed by atoms with Gasteiger partial charge in [-0.1, -0.05) is 44.5 Å². The molecule has 1 heterocycles. The Bertz CT molecular complexity index is 556. The van der Waals surface area contributed by atoms with Crippen molar-refractivity contribution in [2.45, 2.75) is 32.7 Å². The largest absolute Gasteiger partial charge is 0.326 e. The van der Waals surface area contributed by atoms with E-state index in [1.54, 1.807) is 0 Å². The fourth-order valence-corrected chi connectivity index (χ4v) is 2.49. The zero-order chi connectivity index (χ0) is 12.6. The van der Waals surface area contributed by atoms with Crippen LogP contribution in [0.1, 0.15) is 31.9 Å². The molecule has 1 aromatic carbocycles. The van der Waals surface area contributed by atoms with Gasteiger partial charge in [0.2, 0.25) is 0 Å². The molecule has 17 heavy (non-hydrogen) atoms. The summed E-state index contributed by atoms with van der Waals surface area (Å²) in [6, 6.07) is 5.89. The zero-order valence-corrected chi connectivity index (χ0v) is 11.2. The second kappa shape index (κ2) is 4.28. The van der Waals surface area contributed by atoms with Gasteiger partial charge in [-0.3, -0.25) is 4.98 Å². The predicted molar refractivity (Wildman–Crippen MR) is 73.3 cm³/mol. The number of hydrogen-bond donors (Lipinski definition) is 1. The Hall–Kier alpha value is -1.12. The zero-order valence-electron chi connectivity index (χ0n) is 10.4. The van der Waals surface area contributed by atoms with Crippen LogP contribution in [-0.2, 0) is 12.0 Å². The summed E-state index contributed by atoms with van der Waals surface area (Å²) in [5, 5.41) is 1.80. The first kappa shape index (κ1) is 12.3. The van der Waals surface area contributed by atoms with E-state index in [0.717, 1.165) is 16.5 Å². The third-order valence-corrected chi connectivity index (χ3v) is 3.20. The maximum Gasteiger partial charge on any atom is 0.0891 e. The minimum Gasteiger partial charge on any atom is -0.326 e. The number of pyridine rings is 1. The molecular weight excluding hydrogens is 232 g/mol. The van der Waals surface area contributed by atoms with E-state index >= 15 is 0 Å². The van der Waals surface area contributed by atoms with E-state index in [2.05, 4.69) is 31.8 Å². The van der Waals surface area contributed by atoms with Gasteiger partial charge < -0.3 is 5.73 Å². The number of nitrogens with two attached hydrogens (primary N) is 1. The van der Waals surface area contributed by atoms with Gasteiger partial charge in [-0.05, 0) is 22.6 Å². The molecule has 90 valence electrons. The van der Waals surface area contributed by atoms with Crippen LogP contribution >= 0.6 is 11.6 Å². The first-order chi connectivity index (χ1) is 7.95. The Morgan fingerprint density at radius 3 is 2.59 bits per heavy atom. The van der Waals surface area contributed by atoms with E-state index in [4.69, 9.17) is 17.3 Å². The Morgan fingerprint density at radius 2 is 2.00 bits per heavy atom. The molecule has 0 saturated heterocycles. The molecule has 2 rings (SSSR count). The summed E-state index contributed by atoms with van der Waals surface area (Å²) in [4.78, 5) is 4.41. The Kier molecular flexibility index (Phi) is 3.11. The van der Waals surface area contributed by atoms with Crippen molar-refractivity contribution in [2.24, 2.45) is 5.73 Å². The Labute approximate surface area is 107 Å². The van der Waals surface area contributed by atoms with Crippen molar-refractivity contribution in [2.75, 3.05) is 0 Å². The molecule has 0 amide bonds. The summed E-state index contributed by atoms with van der Waals surface area (Å²) >= 11 is 6.18. The fourth-order valence-electron chi connectivity index (χ4n) is 2.27. The van der Waals surface area contributed by atoms with Crippen LogP contribution in [0, 0.1) is 0 Å². The molecule has 0 saturated carbocycles. The lowest BCUT2D eigenvalue weighted by molar-refractivity contribution is 0.587. The van der Waals surface area contributed by atoms with E-state index in [-0.39, 0.29) is 5.41 Å². The number of benzene rings is 1. The van der Waals surface area contributed by atoms with Gasteiger partial charge in [-0.2, -0.15) is 0 Å². The molecular formula is C14H17ClN2. The minimum atomic E-state index is 0.0283. The first-order valence-electron chi connectivity index (χ1n) is 5.72. The van der Waals surface area contributed by atoms with Crippen LogP contribution in [0.3, 0.4) is 0 Å². The van der Waals surface area contributed by atoms with E-state index in [1.807, 2.05) is 18.3 Å². The van der Waals surface area contributed by atoms with Crippen LogP contribution in [0.2, 0.25) is 5.02 Å². The molecule has 2 aromatic rings. The van der Waals surface area contributed by atoms with Gasteiger partial charge in [-0.15, -0.1) is 0 Å². The van der Waals surface area contributed by atoms with Crippen molar-refractivity contribution in [3.05, 3.63) is 40.5 Å². The van der Waals surface area contributed by atoms with Crippen LogP contribution in [0.15, 0.2) is 24.4 Å². The summed E-state index contributed by atoms with van der Waals surface area (Å²) in [7, 11) is 0. The molecule has 0 aliphatic heterocycles. The molecule has 0 aliphatic rings. The lowest BCUT2D eigenvalue weighted by Gasteiger charge is -2.24. The highest BCUT2D eigenvalue weighted by Crippen LogP contribution is 2.34. The van der Waals surface area contributed by atoms with Gasteiger partial charge in [0.25, 0.3) is 0 Å². The van der Waals surface area contributed by atoms with Gasteiger partial charge in [0.15, 0.2) is 0 Å². The predicted octanol–water partition coefficient (Wildman–Crippen LogP) is 3.64. The number of hydrogen-bond acceptors (Lipinski definition) is 2. The van der Waals surface area contributed by atoms with Crippen LogP contribution in [0.5, 0.6) is 0 Å². The summed E-state index contributed by atoms with van der Waals surface area (Å²) in [6.45, 7) is 7.05. The van der Waals surface area contributed by atoms with Crippen LogP contribution in [0.25, 0.3) is 10.9 Å². The first-order valence-corrected chi connectivity index (χ1v) is 6.09. The third-order valence-electron chi connectivity index (χ3n) is 2.90. The monoisotopic (exact) mass is 248 g/mol. The number of para-hydroxylation sites is 1. The summed E-state index contributed by atoms with van der Waals surface area (Å²) in [5.41, 5.74) is 9.02. The molecule has 0 bridgehead atoms. The van der Waals surface area contributed by atoms with E-state index < -0.39 is 0 Å². The quantitative estimate of drug-likeness (QED) is 0.837. The van der Waals surface area contributed by atoms with Gasteiger partial charge in [0.1, 0.15) is 0 Å². The van der Waals surface area contributed by atoms with Gasteiger partial charge >= 0.3 is 0 Å². The molecule has 0 unspecified atom stereocenters. The van der Waals surface area contributed by atoms with Crippen molar-refractivity contribution in [1.29, 1.82) is 0 Å². The standard InChI is InChI=1S/C14H17ClN2/c1-14(2,3)12-9(7-16)8-17-13-10(12)5-4-6-11(13)15/h4-6,8H,7,16H2,1-3H3. The molecule has 0 radical (unpaired) electrons. The van der Waals surface area contributed by atoms with Gasteiger partial charge in [-0.25, -0.2) is 0 Å². The lowest BCUT2D eigenvalue weighted by Crippen LogP contribution is -2.17. The van der Waals surface area contributed by atoms with Crippen molar-refractivity contribution < 1.29 is 0 Å². The summed E-state index contributed by atoms with van der Waals surface area (Å²) < 4.78 is 0. The number of rotatable bonds is 1. The molecule has 0 fully saturated rings. The molecule has 3 heteroatoms. The highest BCUT2D eigenvalue weighted by molar-refractivity contribution is 6.35. The topological polar surface area (TPSA) is 38.9 Å². The van der Waals surface area contributed by atoms with E-state index in [0.29, 0.717) is 11.6 Å². The summed E-state index contributed by atoms with van der Waals surface area (Å²) in [6.07, 6.45) is 1.84. The molecule has 2 nitrogen and oxygen atoms in total. The van der Waals surface area contributed by atoms with Crippen LogP contribution < -0.4 is 5.73 Å².